The number of fused-ring (bicyclic) bond motifs is 1. The molecule has 3 heterocycles. The molecule has 2 aliphatic rings. The minimum atomic E-state index is 0.524. The summed E-state index contributed by atoms with van der Waals surface area (Å²) in [6.45, 7) is 7.76. The molecule has 2 N–H and O–H groups in total. The molecule has 4 aromatic rings. The lowest BCUT2D eigenvalue weighted by molar-refractivity contribution is 0.0937. The summed E-state index contributed by atoms with van der Waals surface area (Å²) >= 11 is 0. The maximum Gasteiger partial charge on any atom is 0.103 e. The normalized spacial score (nSPS) is 17.2. The highest BCUT2D eigenvalue weighted by atomic mass is 15.3. The Morgan fingerprint density at radius 3 is 2.72 bits per heavy atom. The third-order valence-corrected chi connectivity index (χ3v) is 8.42. The molecule has 2 aromatic carbocycles. The first-order chi connectivity index (χ1) is 19.2. The topological polar surface area (TPSA) is 71.0 Å². The number of aromatic nitrogens is 2. The first kappa shape index (κ1) is 25.4. The summed E-state index contributed by atoms with van der Waals surface area (Å²) in [6, 6.07) is 18.1. The van der Waals surface area contributed by atoms with Crippen molar-refractivity contribution in [2.45, 2.75) is 45.2 Å². The van der Waals surface area contributed by atoms with Crippen molar-refractivity contribution < 1.29 is 0 Å². The van der Waals surface area contributed by atoms with Crippen LogP contribution in [0.3, 0.4) is 0 Å². The summed E-state index contributed by atoms with van der Waals surface area (Å²) in [4.78, 5) is 12.9. The van der Waals surface area contributed by atoms with E-state index in [0.717, 1.165) is 59.3 Å². The average Bonchev–Trinajstić information content (AvgIpc) is 3.68. The van der Waals surface area contributed by atoms with Gasteiger partial charge in [0.1, 0.15) is 6.07 Å². The van der Waals surface area contributed by atoms with Crippen molar-refractivity contribution in [3.05, 3.63) is 88.9 Å². The zero-order valence-electron chi connectivity index (χ0n) is 22.7. The fraction of sp³-hybridized carbons (Fsp3) is 0.333. The summed E-state index contributed by atoms with van der Waals surface area (Å²) in [7, 11) is 0. The van der Waals surface area contributed by atoms with Gasteiger partial charge in [0.05, 0.1) is 11.3 Å². The Morgan fingerprint density at radius 2 is 1.90 bits per heavy atom. The van der Waals surface area contributed by atoms with E-state index in [1.54, 1.807) is 6.20 Å². The number of nitrogens with one attached hydrogen (secondary N) is 2. The van der Waals surface area contributed by atoms with Crippen molar-refractivity contribution in [2.75, 3.05) is 31.5 Å². The number of aryl methyl sites for hydroxylation is 1. The standard InChI is InChI=1S/C33H36N6/c1-24-30-13-14-36-32(30)12-11-31(24)37-33-27(21-35-22-28(33)20-34)10-9-25-5-4-6-26(19-25)23-38-15-17-39(18-16-38)29-7-2-3-8-29/h4-6,9-14,19,21-22,29,36H,2-3,7-8,15-18,23H2,1H3,(H,35,37)/b10-9+. The molecule has 2 fully saturated rings. The van der Waals surface area contributed by atoms with Gasteiger partial charge in [-0.2, -0.15) is 5.26 Å². The number of benzene rings is 2. The molecule has 39 heavy (non-hydrogen) atoms. The Bertz CT molecular complexity index is 1510. The van der Waals surface area contributed by atoms with E-state index in [9.17, 15) is 5.26 Å². The molecule has 0 radical (unpaired) electrons. The lowest BCUT2D eigenvalue weighted by Crippen LogP contribution is -2.49. The fourth-order valence-corrected chi connectivity index (χ4v) is 6.18. The van der Waals surface area contributed by atoms with Gasteiger partial charge in [-0.25, -0.2) is 0 Å². The maximum atomic E-state index is 9.82. The van der Waals surface area contributed by atoms with Crippen molar-refractivity contribution in [1.82, 2.24) is 19.8 Å². The summed E-state index contributed by atoms with van der Waals surface area (Å²) in [5.74, 6) is 0. The van der Waals surface area contributed by atoms with Crippen molar-refractivity contribution >= 4 is 34.4 Å². The van der Waals surface area contributed by atoms with Crippen LogP contribution in [0.15, 0.2) is 61.1 Å². The Morgan fingerprint density at radius 1 is 1.05 bits per heavy atom. The second-order valence-corrected chi connectivity index (χ2v) is 10.9. The number of nitriles is 1. The minimum Gasteiger partial charge on any atom is -0.361 e. The van der Waals surface area contributed by atoms with Gasteiger partial charge in [-0.05, 0) is 54.7 Å². The van der Waals surface area contributed by atoms with E-state index in [2.05, 4.69) is 92.7 Å². The number of anilines is 2. The van der Waals surface area contributed by atoms with Crippen LogP contribution in [-0.4, -0.2) is 52.0 Å². The lowest BCUT2D eigenvalue weighted by Gasteiger charge is -2.38. The number of pyridine rings is 1. The monoisotopic (exact) mass is 516 g/mol. The van der Waals surface area contributed by atoms with Crippen LogP contribution in [0.1, 0.15) is 53.5 Å². The second-order valence-electron chi connectivity index (χ2n) is 10.9. The highest BCUT2D eigenvalue weighted by molar-refractivity contribution is 5.90. The number of rotatable bonds is 7. The number of piperazine rings is 1. The van der Waals surface area contributed by atoms with Gasteiger partial charge in [0.15, 0.2) is 0 Å². The summed E-state index contributed by atoms with van der Waals surface area (Å²) < 4.78 is 0. The molecular weight excluding hydrogens is 480 g/mol. The zero-order chi connectivity index (χ0) is 26.6. The Hall–Kier alpha value is -3.92. The van der Waals surface area contributed by atoms with Crippen LogP contribution in [0.2, 0.25) is 0 Å². The zero-order valence-corrected chi connectivity index (χ0v) is 22.7. The minimum absolute atomic E-state index is 0.524. The molecule has 1 aliphatic heterocycles. The number of aromatic amines is 1. The van der Waals surface area contributed by atoms with E-state index in [-0.39, 0.29) is 0 Å². The van der Waals surface area contributed by atoms with Crippen LogP contribution in [-0.2, 0) is 6.54 Å². The van der Waals surface area contributed by atoms with Crippen molar-refractivity contribution in [3.8, 4) is 6.07 Å². The largest absolute Gasteiger partial charge is 0.361 e. The van der Waals surface area contributed by atoms with E-state index >= 15 is 0 Å². The van der Waals surface area contributed by atoms with Crippen LogP contribution < -0.4 is 5.32 Å². The smallest absolute Gasteiger partial charge is 0.103 e. The first-order valence-electron chi connectivity index (χ1n) is 14.1. The summed E-state index contributed by atoms with van der Waals surface area (Å²) in [5, 5.41) is 14.5. The van der Waals surface area contributed by atoms with E-state index in [1.807, 2.05) is 12.4 Å². The van der Waals surface area contributed by atoms with Gasteiger partial charge in [-0.3, -0.25) is 14.8 Å². The van der Waals surface area contributed by atoms with Crippen LogP contribution in [0.25, 0.3) is 23.1 Å². The predicted octanol–water partition coefficient (Wildman–Crippen LogP) is 6.72. The van der Waals surface area contributed by atoms with E-state index in [4.69, 9.17) is 0 Å². The van der Waals surface area contributed by atoms with Crippen molar-refractivity contribution in [3.63, 3.8) is 0 Å². The third kappa shape index (κ3) is 5.61. The highest BCUT2D eigenvalue weighted by Gasteiger charge is 2.26. The van der Waals surface area contributed by atoms with Gasteiger partial charge in [0.25, 0.3) is 0 Å². The van der Waals surface area contributed by atoms with Gasteiger partial charge < -0.3 is 10.3 Å². The SMILES string of the molecule is Cc1c(Nc2c(C#N)cncc2/C=C/c2cccc(CN3CCN(C4CCCC4)CC3)c2)ccc2[nH]ccc12. The fourth-order valence-electron chi connectivity index (χ4n) is 6.18. The first-order valence-corrected chi connectivity index (χ1v) is 14.1. The Balaban J connectivity index is 1.17. The molecule has 2 aromatic heterocycles. The van der Waals surface area contributed by atoms with Crippen molar-refractivity contribution in [1.29, 1.82) is 5.26 Å². The predicted molar refractivity (Wildman–Crippen MR) is 160 cm³/mol. The molecule has 198 valence electrons. The van der Waals surface area contributed by atoms with Crippen LogP contribution in [0.4, 0.5) is 11.4 Å². The molecule has 6 heteroatoms. The summed E-state index contributed by atoms with van der Waals surface area (Å²) in [6.07, 6.45) is 15.2. The lowest BCUT2D eigenvalue weighted by atomic mass is 10.1. The molecule has 1 saturated carbocycles. The molecule has 1 aliphatic carbocycles. The number of hydrogen-bond donors (Lipinski definition) is 2. The Labute approximate surface area is 231 Å². The third-order valence-electron chi connectivity index (χ3n) is 8.42. The number of H-pyrrole nitrogens is 1. The molecule has 0 spiro atoms. The van der Waals surface area contributed by atoms with E-state index in [1.165, 1.54) is 49.7 Å². The number of hydrogen-bond acceptors (Lipinski definition) is 5. The molecule has 0 amide bonds. The molecule has 0 bridgehead atoms. The molecule has 6 nitrogen and oxygen atoms in total. The van der Waals surface area contributed by atoms with Crippen LogP contribution in [0.5, 0.6) is 0 Å². The van der Waals surface area contributed by atoms with Gasteiger partial charge in [0, 0.05) is 79.5 Å². The molecule has 6 rings (SSSR count). The Kier molecular flexibility index (Phi) is 7.44. The van der Waals surface area contributed by atoms with Gasteiger partial charge in [0.2, 0.25) is 0 Å². The van der Waals surface area contributed by atoms with Gasteiger partial charge in [-0.1, -0.05) is 49.3 Å². The average molecular weight is 517 g/mol. The van der Waals surface area contributed by atoms with Crippen molar-refractivity contribution in [2.24, 2.45) is 0 Å². The second kappa shape index (κ2) is 11.4. The van der Waals surface area contributed by atoms with E-state index < -0.39 is 0 Å². The molecule has 0 atom stereocenters. The van der Waals surface area contributed by atoms with Gasteiger partial charge in [-0.15, -0.1) is 0 Å². The summed E-state index contributed by atoms with van der Waals surface area (Å²) in [5.41, 5.74) is 7.89. The van der Waals surface area contributed by atoms with Crippen LogP contribution >= 0.6 is 0 Å². The maximum absolute atomic E-state index is 9.82. The van der Waals surface area contributed by atoms with Gasteiger partial charge >= 0.3 is 0 Å². The molecule has 1 saturated heterocycles. The number of nitrogens with zero attached hydrogens (tertiary/aromatic N) is 4. The highest BCUT2D eigenvalue weighted by Crippen LogP contribution is 2.31. The quantitative estimate of drug-likeness (QED) is 0.285. The van der Waals surface area contributed by atoms with E-state index in [0.29, 0.717) is 5.56 Å². The molecular formula is C33H36N6. The molecule has 0 unspecified atom stereocenters. The van der Waals surface area contributed by atoms with Crippen LogP contribution in [0, 0.1) is 18.3 Å².